The fourth-order valence-corrected chi connectivity index (χ4v) is 5.24. The van der Waals surface area contributed by atoms with Gasteiger partial charge >= 0.3 is 0 Å². The normalized spacial score (nSPS) is 15.5. The molecule has 6 nitrogen and oxygen atoms in total. The van der Waals surface area contributed by atoms with Crippen LogP contribution in [0.1, 0.15) is 23.6 Å². The van der Waals surface area contributed by atoms with Crippen LogP contribution in [0.15, 0.2) is 47.4 Å². The molecule has 0 spiro atoms. The number of anilines is 1. The zero-order valence-corrected chi connectivity index (χ0v) is 16.4. The molecule has 0 fully saturated rings. The van der Waals surface area contributed by atoms with Gasteiger partial charge in [0.1, 0.15) is 0 Å². The molecule has 0 radical (unpaired) electrons. The van der Waals surface area contributed by atoms with E-state index in [1.54, 1.807) is 37.3 Å². The van der Waals surface area contributed by atoms with Crippen molar-refractivity contribution in [1.82, 2.24) is 4.31 Å². The lowest BCUT2D eigenvalue weighted by Crippen LogP contribution is -2.36. The van der Waals surface area contributed by atoms with Crippen molar-refractivity contribution in [2.75, 3.05) is 17.0 Å². The van der Waals surface area contributed by atoms with Gasteiger partial charge in [0.2, 0.25) is 10.0 Å². The summed E-state index contributed by atoms with van der Waals surface area (Å²) in [6.07, 6.45) is 0.624. The highest BCUT2D eigenvalue weighted by atomic mass is 32.2. The molecule has 0 bridgehead atoms. The number of rotatable bonds is 5. The largest absolute Gasteiger partial charge is 0.280 e. The molecule has 1 aliphatic heterocycles. The molecule has 0 unspecified atom stereocenters. The summed E-state index contributed by atoms with van der Waals surface area (Å²) in [7, 11) is -6.96. The Hall–Kier alpha value is -1.90. The topological polar surface area (TPSA) is 83.6 Å². The number of nitrogens with one attached hydrogen (secondary N) is 1. The number of nitrogens with zero attached hydrogens (tertiary/aromatic N) is 1. The van der Waals surface area contributed by atoms with Crippen molar-refractivity contribution in [3.05, 3.63) is 59.2 Å². The fourth-order valence-electron chi connectivity index (χ4n) is 3.01. The molecule has 0 aliphatic carbocycles. The maximum Gasteiger partial charge on any atom is 0.261 e. The number of hydrogen-bond acceptors (Lipinski definition) is 4. The maximum absolute atomic E-state index is 12.6. The van der Waals surface area contributed by atoms with E-state index >= 15 is 0 Å². The molecule has 8 heteroatoms. The number of fused-ring (bicyclic) bond motifs is 1. The Morgan fingerprint density at radius 2 is 1.81 bits per heavy atom. The number of hydrogen-bond donors (Lipinski definition) is 1. The summed E-state index contributed by atoms with van der Waals surface area (Å²) in [5.41, 5.74) is 3.17. The minimum absolute atomic E-state index is 0.0576. The highest BCUT2D eigenvalue weighted by Crippen LogP contribution is 2.26. The van der Waals surface area contributed by atoms with E-state index in [9.17, 15) is 16.8 Å². The Bertz CT molecular complexity index is 1030. The predicted molar refractivity (Wildman–Crippen MR) is 102 cm³/mol. The Kier molecular flexibility index (Phi) is 5.09. The molecule has 1 aliphatic rings. The first-order chi connectivity index (χ1) is 12.2. The van der Waals surface area contributed by atoms with Crippen LogP contribution in [0, 0.1) is 6.92 Å². The molecule has 0 saturated heterocycles. The van der Waals surface area contributed by atoms with Crippen LogP contribution in [0.4, 0.5) is 5.69 Å². The van der Waals surface area contributed by atoms with Crippen molar-refractivity contribution in [1.29, 1.82) is 0 Å². The van der Waals surface area contributed by atoms with Gasteiger partial charge in [-0.15, -0.1) is 0 Å². The van der Waals surface area contributed by atoms with Gasteiger partial charge in [-0.05, 0) is 61.2 Å². The molecule has 140 valence electrons. The van der Waals surface area contributed by atoms with Crippen LogP contribution >= 0.6 is 0 Å². The van der Waals surface area contributed by atoms with Crippen molar-refractivity contribution in [3.63, 3.8) is 0 Å². The first-order valence-electron chi connectivity index (χ1n) is 8.40. The van der Waals surface area contributed by atoms with Crippen molar-refractivity contribution in [3.8, 4) is 0 Å². The second-order valence-corrected chi connectivity index (χ2v) is 10.3. The molecule has 2 aromatic carbocycles. The second-order valence-electron chi connectivity index (χ2n) is 6.39. The predicted octanol–water partition coefficient (Wildman–Crippen LogP) is 2.50. The van der Waals surface area contributed by atoms with Crippen LogP contribution in [0.2, 0.25) is 0 Å². The zero-order chi connectivity index (χ0) is 18.9. The van der Waals surface area contributed by atoms with Crippen LogP contribution in [0.3, 0.4) is 0 Å². The standard InChI is InChI=1S/C18H22N2O4S2/c1-3-25(21,22)20-10-9-15-7-8-17(12-16(15)13-20)19-26(23,24)18-6-4-5-14(2)11-18/h4-8,11-12,19H,3,9-10,13H2,1-2H3. The molecular formula is C18H22N2O4S2. The molecule has 3 rings (SSSR count). The summed E-state index contributed by atoms with van der Waals surface area (Å²) >= 11 is 0. The van der Waals surface area contributed by atoms with E-state index in [1.807, 2.05) is 19.1 Å². The number of sulfonamides is 2. The lowest BCUT2D eigenvalue weighted by atomic mass is 10.0. The van der Waals surface area contributed by atoms with E-state index in [-0.39, 0.29) is 17.2 Å². The summed E-state index contributed by atoms with van der Waals surface area (Å²) < 4.78 is 53.4. The third-order valence-electron chi connectivity index (χ3n) is 4.49. The van der Waals surface area contributed by atoms with E-state index in [0.717, 1.165) is 16.7 Å². The lowest BCUT2D eigenvalue weighted by Gasteiger charge is -2.28. The molecule has 0 amide bonds. The molecule has 0 atom stereocenters. The van der Waals surface area contributed by atoms with Crippen molar-refractivity contribution >= 4 is 25.7 Å². The highest BCUT2D eigenvalue weighted by Gasteiger charge is 2.25. The Morgan fingerprint density at radius 3 is 2.50 bits per heavy atom. The molecule has 2 aromatic rings. The number of aryl methyl sites for hydroxylation is 1. The minimum atomic E-state index is -3.69. The van der Waals surface area contributed by atoms with Gasteiger partial charge in [-0.3, -0.25) is 4.72 Å². The van der Waals surface area contributed by atoms with Gasteiger partial charge in [-0.1, -0.05) is 18.2 Å². The van der Waals surface area contributed by atoms with E-state index < -0.39 is 20.0 Å². The third kappa shape index (κ3) is 3.92. The lowest BCUT2D eigenvalue weighted by molar-refractivity contribution is 0.392. The molecule has 0 aromatic heterocycles. The van der Waals surface area contributed by atoms with Gasteiger partial charge in [0.15, 0.2) is 0 Å². The molecule has 26 heavy (non-hydrogen) atoms. The molecule has 1 N–H and O–H groups in total. The smallest absolute Gasteiger partial charge is 0.261 e. The van der Waals surface area contributed by atoms with Crippen molar-refractivity contribution < 1.29 is 16.8 Å². The van der Waals surface area contributed by atoms with Gasteiger partial charge < -0.3 is 0 Å². The summed E-state index contributed by atoms with van der Waals surface area (Å²) in [4.78, 5) is 0.199. The quantitative estimate of drug-likeness (QED) is 0.845. The van der Waals surface area contributed by atoms with Crippen LogP contribution in [-0.4, -0.2) is 33.4 Å². The van der Waals surface area contributed by atoms with Gasteiger partial charge in [-0.2, -0.15) is 4.31 Å². The van der Waals surface area contributed by atoms with Crippen molar-refractivity contribution in [2.45, 2.75) is 31.7 Å². The summed E-state index contributed by atoms with van der Waals surface area (Å²) in [5.74, 6) is 0.0576. The summed E-state index contributed by atoms with van der Waals surface area (Å²) in [6, 6.07) is 12.0. The Labute approximate surface area is 155 Å². The third-order valence-corrected chi connectivity index (χ3v) is 7.70. The zero-order valence-electron chi connectivity index (χ0n) is 14.8. The average Bonchev–Trinajstić information content (AvgIpc) is 2.60. The first kappa shape index (κ1) is 18.9. The van der Waals surface area contributed by atoms with E-state index in [4.69, 9.17) is 0 Å². The van der Waals surface area contributed by atoms with Gasteiger partial charge in [0.25, 0.3) is 10.0 Å². The number of benzene rings is 2. The molecule has 0 saturated carbocycles. The molecule has 1 heterocycles. The highest BCUT2D eigenvalue weighted by molar-refractivity contribution is 7.92. The fraction of sp³-hybridized carbons (Fsp3) is 0.333. The Balaban J connectivity index is 1.87. The van der Waals surface area contributed by atoms with E-state index in [0.29, 0.717) is 18.7 Å². The van der Waals surface area contributed by atoms with Crippen LogP contribution in [0.25, 0.3) is 0 Å². The monoisotopic (exact) mass is 394 g/mol. The summed E-state index contributed by atoms with van der Waals surface area (Å²) in [6.45, 7) is 4.18. The van der Waals surface area contributed by atoms with E-state index in [2.05, 4.69) is 4.72 Å². The second kappa shape index (κ2) is 7.02. The average molecular weight is 395 g/mol. The van der Waals surface area contributed by atoms with Crippen LogP contribution in [-0.2, 0) is 33.0 Å². The van der Waals surface area contributed by atoms with Gasteiger partial charge in [-0.25, -0.2) is 16.8 Å². The molecular weight excluding hydrogens is 372 g/mol. The minimum Gasteiger partial charge on any atom is -0.280 e. The maximum atomic E-state index is 12.6. The van der Waals surface area contributed by atoms with Crippen LogP contribution < -0.4 is 4.72 Å². The van der Waals surface area contributed by atoms with Crippen LogP contribution in [0.5, 0.6) is 0 Å². The van der Waals surface area contributed by atoms with E-state index in [1.165, 1.54) is 4.31 Å². The summed E-state index contributed by atoms with van der Waals surface area (Å²) in [5, 5.41) is 0. The SMILES string of the molecule is CCS(=O)(=O)N1CCc2ccc(NS(=O)(=O)c3cccc(C)c3)cc2C1. The van der Waals surface area contributed by atoms with Gasteiger partial charge in [0.05, 0.1) is 10.6 Å². The van der Waals surface area contributed by atoms with Crippen molar-refractivity contribution in [2.24, 2.45) is 0 Å². The Morgan fingerprint density at radius 1 is 1.04 bits per heavy atom. The first-order valence-corrected chi connectivity index (χ1v) is 11.5. The van der Waals surface area contributed by atoms with Gasteiger partial charge in [0, 0.05) is 18.8 Å².